The minimum atomic E-state index is -0.759. The number of quaternary nitrogens is 1. The number of rotatable bonds is 7. The maximum Gasteiger partial charge on any atom is 0.313 e. The quantitative estimate of drug-likeness (QED) is 0.503. The lowest BCUT2D eigenvalue weighted by molar-refractivity contribution is -0.890. The summed E-state index contributed by atoms with van der Waals surface area (Å²) in [5.74, 6) is -1.69. The van der Waals surface area contributed by atoms with Crippen LogP contribution in [-0.4, -0.2) is 52.5 Å². The molecule has 160 valence electrons. The molecular formula is C22H30N5O3+. The Kier molecular flexibility index (Phi) is 7.94. The minimum Gasteiger partial charge on any atom is -0.378 e. The lowest BCUT2D eigenvalue weighted by Gasteiger charge is -2.23. The Labute approximate surface area is 177 Å². The molecule has 0 saturated heterocycles. The summed E-state index contributed by atoms with van der Waals surface area (Å²) < 4.78 is 0. The first kappa shape index (κ1) is 22.9. The smallest absolute Gasteiger partial charge is 0.313 e. The lowest BCUT2D eigenvalue weighted by atomic mass is 10.1. The molecule has 0 aliphatic rings. The first-order valence-corrected chi connectivity index (χ1v) is 9.71. The van der Waals surface area contributed by atoms with E-state index in [1.165, 1.54) is 6.92 Å². The summed E-state index contributed by atoms with van der Waals surface area (Å²) in [5.41, 5.74) is 3.13. The fraction of sp³-hybridized carbons (Fsp3) is 0.318. The molecule has 8 nitrogen and oxygen atoms in total. The Morgan fingerprint density at radius 3 is 2.07 bits per heavy atom. The van der Waals surface area contributed by atoms with Crippen LogP contribution >= 0.6 is 0 Å². The van der Waals surface area contributed by atoms with Gasteiger partial charge in [-0.1, -0.05) is 18.2 Å². The van der Waals surface area contributed by atoms with Crippen LogP contribution in [0.4, 0.5) is 17.1 Å². The number of hydrogen-bond acceptors (Lipinski definition) is 4. The van der Waals surface area contributed by atoms with Gasteiger partial charge in [-0.25, -0.2) is 0 Å². The second-order valence-corrected chi connectivity index (χ2v) is 7.54. The zero-order valence-electron chi connectivity index (χ0n) is 18.1. The Hall–Kier alpha value is -3.39. The van der Waals surface area contributed by atoms with Crippen LogP contribution in [0.1, 0.15) is 18.5 Å². The number of benzene rings is 2. The van der Waals surface area contributed by atoms with Crippen molar-refractivity contribution in [2.45, 2.75) is 13.0 Å². The van der Waals surface area contributed by atoms with Crippen molar-refractivity contribution in [1.29, 1.82) is 0 Å². The topological polar surface area (TPSA) is 95.0 Å². The van der Waals surface area contributed by atoms with Gasteiger partial charge in [-0.3, -0.25) is 14.4 Å². The van der Waals surface area contributed by atoms with Crippen molar-refractivity contribution in [1.82, 2.24) is 5.32 Å². The van der Waals surface area contributed by atoms with Crippen LogP contribution < -0.4 is 25.8 Å². The number of anilines is 3. The molecule has 0 bridgehead atoms. The van der Waals surface area contributed by atoms with E-state index in [9.17, 15) is 14.4 Å². The van der Waals surface area contributed by atoms with Crippen LogP contribution in [0.25, 0.3) is 0 Å². The second-order valence-electron chi connectivity index (χ2n) is 7.54. The van der Waals surface area contributed by atoms with Gasteiger partial charge in [0.1, 0.15) is 6.04 Å². The summed E-state index contributed by atoms with van der Waals surface area (Å²) in [6.45, 7) is 1.72. The van der Waals surface area contributed by atoms with E-state index in [4.69, 9.17) is 0 Å². The third-order valence-corrected chi connectivity index (χ3v) is 4.62. The summed E-state index contributed by atoms with van der Waals surface area (Å²) in [7, 11) is 7.97. The molecule has 0 aliphatic carbocycles. The van der Waals surface area contributed by atoms with Gasteiger partial charge in [0.25, 0.3) is 0 Å². The van der Waals surface area contributed by atoms with E-state index in [1.54, 1.807) is 24.3 Å². The first-order chi connectivity index (χ1) is 14.2. The summed E-state index contributed by atoms with van der Waals surface area (Å²) in [6.07, 6.45) is 0. The number of nitrogens with one attached hydrogen (secondary N) is 4. The Bertz CT molecular complexity index is 894. The second kappa shape index (κ2) is 10.4. The highest BCUT2D eigenvalue weighted by Gasteiger charge is 2.21. The van der Waals surface area contributed by atoms with Crippen LogP contribution in [0, 0.1) is 0 Å². The molecule has 3 amide bonds. The zero-order chi connectivity index (χ0) is 22.3. The van der Waals surface area contributed by atoms with E-state index in [0.29, 0.717) is 17.9 Å². The fourth-order valence-corrected chi connectivity index (χ4v) is 3.00. The number of hydrogen-bond donors (Lipinski definition) is 4. The number of nitrogens with zero attached hydrogens (tertiary/aromatic N) is 1. The van der Waals surface area contributed by atoms with Gasteiger partial charge in [-0.05, 0) is 30.3 Å². The van der Waals surface area contributed by atoms with Crippen molar-refractivity contribution in [3.8, 4) is 0 Å². The van der Waals surface area contributed by atoms with Crippen LogP contribution in [-0.2, 0) is 14.4 Å². The summed E-state index contributed by atoms with van der Waals surface area (Å²) in [6, 6.07) is 14.7. The first-order valence-electron chi connectivity index (χ1n) is 9.71. The van der Waals surface area contributed by atoms with Crippen molar-refractivity contribution in [2.24, 2.45) is 0 Å². The lowest BCUT2D eigenvalue weighted by Crippen LogP contribution is -3.07. The van der Waals surface area contributed by atoms with Gasteiger partial charge < -0.3 is 25.8 Å². The zero-order valence-corrected chi connectivity index (χ0v) is 18.1. The van der Waals surface area contributed by atoms with Crippen molar-refractivity contribution in [3.63, 3.8) is 0 Å². The Balaban J connectivity index is 1.98. The largest absolute Gasteiger partial charge is 0.378 e. The van der Waals surface area contributed by atoms with Gasteiger partial charge in [0, 0.05) is 43.6 Å². The fourth-order valence-electron chi connectivity index (χ4n) is 3.00. The molecular weight excluding hydrogens is 382 g/mol. The van der Waals surface area contributed by atoms with E-state index in [-0.39, 0.29) is 11.9 Å². The molecule has 2 aromatic rings. The van der Waals surface area contributed by atoms with Gasteiger partial charge in [-0.2, -0.15) is 0 Å². The van der Waals surface area contributed by atoms with Crippen molar-refractivity contribution >= 4 is 34.8 Å². The number of carbonyl (C=O) groups is 3. The Morgan fingerprint density at radius 1 is 0.933 bits per heavy atom. The predicted octanol–water partition coefficient (Wildman–Crippen LogP) is 0.652. The minimum absolute atomic E-state index is 0.000978. The summed E-state index contributed by atoms with van der Waals surface area (Å²) in [4.78, 5) is 38.9. The number of carbonyl (C=O) groups excluding carboxylic acids is 3. The molecule has 0 radical (unpaired) electrons. The molecule has 30 heavy (non-hydrogen) atoms. The van der Waals surface area contributed by atoms with Gasteiger partial charge in [0.15, 0.2) is 0 Å². The van der Waals surface area contributed by atoms with Crippen LogP contribution in [0.3, 0.4) is 0 Å². The molecule has 0 unspecified atom stereocenters. The van der Waals surface area contributed by atoms with E-state index < -0.39 is 11.8 Å². The average molecular weight is 413 g/mol. The average Bonchev–Trinajstić information content (AvgIpc) is 2.67. The van der Waals surface area contributed by atoms with Gasteiger partial charge in [0.2, 0.25) is 5.91 Å². The molecule has 4 N–H and O–H groups in total. The molecule has 0 aromatic heterocycles. The molecule has 0 heterocycles. The van der Waals surface area contributed by atoms with Gasteiger partial charge >= 0.3 is 11.8 Å². The summed E-state index contributed by atoms with van der Waals surface area (Å²) in [5, 5.41) is 7.90. The highest BCUT2D eigenvalue weighted by Crippen LogP contribution is 2.17. The normalized spacial score (nSPS) is 11.5. The monoisotopic (exact) mass is 412 g/mol. The Morgan fingerprint density at radius 2 is 1.53 bits per heavy atom. The van der Waals surface area contributed by atoms with E-state index in [0.717, 1.165) is 16.2 Å². The molecule has 0 fully saturated rings. The molecule has 0 saturated carbocycles. The van der Waals surface area contributed by atoms with Gasteiger partial charge in [0.05, 0.1) is 20.6 Å². The predicted molar refractivity (Wildman–Crippen MR) is 119 cm³/mol. The molecule has 2 rings (SSSR count). The number of likely N-dealkylation sites (N-methyl/N-ethyl adjacent to an activating group) is 1. The molecule has 1 atom stereocenters. The highest BCUT2D eigenvalue weighted by molar-refractivity contribution is 6.39. The maximum absolute atomic E-state index is 12.3. The third-order valence-electron chi connectivity index (χ3n) is 4.62. The molecule has 2 aromatic carbocycles. The van der Waals surface area contributed by atoms with Crippen molar-refractivity contribution in [2.75, 3.05) is 50.3 Å². The van der Waals surface area contributed by atoms with Crippen molar-refractivity contribution in [3.05, 3.63) is 54.1 Å². The van der Waals surface area contributed by atoms with E-state index in [1.807, 2.05) is 57.4 Å². The summed E-state index contributed by atoms with van der Waals surface area (Å²) >= 11 is 0. The maximum atomic E-state index is 12.3. The number of amides is 3. The van der Waals surface area contributed by atoms with Crippen LogP contribution in [0.15, 0.2) is 48.5 Å². The molecule has 0 spiro atoms. The standard InChI is InChI=1S/C22H29N5O3/c1-15(28)24-17-7-6-8-18(13-17)25-22(30)21(29)23-14-20(27(4)5)16-9-11-19(12-10-16)26(2)3/h6-13,20H,14H2,1-5H3,(H,23,29)(H,24,28)(H,25,30)/p+1/t20-/m0/s1. The molecule has 8 heteroatoms. The third kappa shape index (κ3) is 6.59. The van der Waals surface area contributed by atoms with E-state index >= 15 is 0 Å². The SMILES string of the molecule is CC(=O)Nc1cccc(NC(=O)C(=O)NC[C@@H](c2ccc(N(C)C)cc2)[NH+](C)C)c1. The van der Waals surface area contributed by atoms with Crippen molar-refractivity contribution < 1.29 is 19.3 Å². The molecule has 0 aliphatic heterocycles. The van der Waals surface area contributed by atoms with Gasteiger partial charge in [-0.15, -0.1) is 0 Å². The van der Waals surface area contributed by atoms with E-state index in [2.05, 4.69) is 16.0 Å². The van der Waals surface area contributed by atoms with Crippen LogP contribution in [0.5, 0.6) is 0 Å². The van der Waals surface area contributed by atoms with Crippen LogP contribution in [0.2, 0.25) is 0 Å². The highest BCUT2D eigenvalue weighted by atomic mass is 16.2.